The molecule has 0 unspecified atom stereocenters. The number of nitrogens with zero attached hydrogens (tertiary/aromatic N) is 2. The number of nitrogens with two attached hydrogens (primary N) is 1. The Labute approximate surface area is 48.6 Å². The van der Waals surface area contributed by atoms with E-state index in [1.807, 2.05) is 0 Å². The molecule has 0 aliphatic heterocycles. The number of aliphatic imine (C=N–C) groups is 2. The number of amidine groups is 1. The van der Waals surface area contributed by atoms with Crippen molar-refractivity contribution in [2.45, 2.75) is 6.92 Å². The molecule has 0 rings (SSSR count). The van der Waals surface area contributed by atoms with E-state index in [1.54, 1.807) is 6.92 Å². The van der Waals surface area contributed by atoms with E-state index in [2.05, 4.69) is 16.6 Å². The van der Waals surface area contributed by atoms with Crippen LogP contribution in [0.5, 0.6) is 0 Å². The van der Waals surface area contributed by atoms with Crippen LogP contribution in [-0.2, 0) is 0 Å². The van der Waals surface area contributed by atoms with Gasteiger partial charge in [-0.2, -0.15) is 0 Å². The Hall–Kier alpha value is -1.12. The molecule has 0 bridgehead atoms. The molecule has 0 aliphatic carbocycles. The van der Waals surface area contributed by atoms with Crippen LogP contribution in [0.1, 0.15) is 6.92 Å². The molecule has 44 valence electrons. The first kappa shape index (κ1) is 6.88. The van der Waals surface area contributed by atoms with Crippen molar-refractivity contribution >= 4 is 12.2 Å². The van der Waals surface area contributed by atoms with Crippen molar-refractivity contribution < 1.29 is 0 Å². The van der Waals surface area contributed by atoms with Gasteiger partial charge in [0.15, 0.2) is 0 Å². The molecule has 0 aromatic heterocycles. The average Bonchev–Trinajstić information content (AvgIpc) is 1.68. The highest BCUT2D eigenvalue weighted by molar-refractivity contribution is 5.86. The zero-order valence-corrected chi connectivity index (χ0v) is 4.83. The lowest BCUT2D eigenvalue weighted by molar-refractivity contribution is 1.47. The van der Waals surface area contributed by atoms with Crippen molar-refractivity contribution in [1.29, 1.82) is 0 Å². The van der Waals surface area contributed by atoms with E-state index in [4.69, 9.17) is 5.73 Å². The molecule has 0 amide bonds. The maximum atomic E-state index is 4.95. The van der Waals surface area contributed by atoms with Crippen LogP contribution in [0, 0.1) is 0 Å². The van der Waals surface area contributed by atoms with Crippen molar-refractivity contribution in [3.63, 3.8) is 0 Å². The predicted octanol–water partition coefficient (Wildman–Crippen LogP) is 0.535. The highest BCUT2D eigenvalue weighted by atomic mass is 14.9. The van der Waals surface area contributed by atoms with Gasteiger partial charge in [-0.25, -0.2) is 9.98 Å². The molecule has 0 spiro atoms. The maximum Gasteiger partial charge on any atom is 0.126 e. The van der Waals surface area contributed by atoms with Crippen molar-refractivity contribution in [2.24, 2.45) is 15.7 Å². The number of hydrogen-bond acceptors (Lipinski definition) is 1. The summed E-state index contributed by atoms with van der Waals surface area (Å²) in [6, 6.07) is 0. The van der Waals surface area contributed by atoms with Crippen LogP contribution < -0.4 is 5.73 Å². The summed E-state index contributed by atoms with van der Waals surface area (Å²) >= 11 is 0. The smallest absolute Gasteiger partial charge is 0.126 e. The minimum atomic E-state index is 0.613. The van der Waals surface area contributed by atoms with Gasteiger partial charge in [-0.05, 0) is 6.92 Å². The Kier molecular flexibility index (Phi) is 3.48. The predicted molar refractivity (Wildman–Crippen MR) is 36.0 cm³/mol. The fourth-order valence-electron chi connectivity index (χ4n) is 0.273. The molecule has 0 saturated heterocycles. The quantitative estimate of drug-likeness (QED) is 0.389. The topological polar surface area (TPSA) is 50.7 Å². The third kappa shape index (κ3) is 3.08. The summed E-state index contributed by atoms with van der Waals surface area (Å²) in [5.74, 6) is 0.613. The third-order valence-electron chi connectivity index (χ3n) is 0.539. The minimum Gasteiger partial charge on any atom is -0.390 e. The van der Waals surface area contributed by atoms with Gasteiger partial charge in [0.1, 0.15) is 5.84 Å². The molecule has 0 aromatic carbocycles. The van der Waals surface area contributed by atoms with Gasteiger partial charge in [0.25, 0.3) is 0 Å². The summed E-state index contributed by atoms with van der Waals surface area (Å²) in [6.45, 7) is 5.12. The summed E-state index contributed by atoms with van der Waals surface area (Å²) in [6.07, 6.45) is 2.62. The Morgan fingerprint density at radius 2 is 2.38 bits per heavy atom. The molecule has 0 saturated carbocycles. The SMILES string of the molecule is C=C/N=C(C)\N=C/N. The number of rotatable bonds is 1. The highest BCUT2D eigenvalue weighted by Gasteiger charge is 1.74. The van der Waals surface area contributed by atoms with Crippen LogP contribution in [0.4, 0.5) is 0 Å². The van der Waals surface area contributed by atoms with Crippen LogP contribution >= 0.6 is 0 Å². The lowest BCUT2D eigenvalue weighted by Gasteiger charge is -1.81. The van der Waals surface area contributed by atoms with Crippen molar-refractivity contribution in [3.8, 4) is 0 Å². The van der Waals surface area contributed by atoms with Gasteiger partial charge in [0.05, 0.1) is 6.34 Å². The minimum absolute atomic E-state index is 0.613. The van der Waals surface area contributed by atoms with E-state index in [9.17, 15) is 0 Å². The van der Waals surface area contributed by atoms with Gasteiger partial charge >= 0.3 is 0 Å². The first-order chi connectivity index (χ1) is 3.81. The van der Waals surface area contributed by atoms with Crippen LogP contribution in [-0.4, -0.2) is 12.2 Å². The van der Waals surface area contributed by atoms with Crippen molar-refractivity contribution in [2.75, 3.05) is 0 Å². The molecule has 3 nitrogen and oxygen atoms in total. The Morgan fingerprint density at radius 1 is 1.75 bits per heavy atom. The standard InChI is InChI=1S/C5H9N3/c1-3-7-5(2)8-4-6/h3-4H,1H2,2H3,(H2,6,7,8). The molecule has 0 aliphatic rings. The summed E-state index contributed by atoms with van der Waals surface area (Å²) in [4.78, 5) is 7.36. The molecule has 0 atom stereocenters. The maximum absolute atomic E-state index is 4.95. The normalized spacial score (nSPS) is 12.4. The first-order valence-corrected chi connectivity index (χ1v) is 2.21. The molecule has 8 heavy (non-hydrogen) atoms. The van der Waals surface area contributed by atoms with E-state index in [0.29, 0.717) is 5.84 Å². The summed E-state index contributed by atoms with van der Waals surface area (Å²) < 4.78 is 0. The fourth-order valence-corrected chi connectivity index (χ4v) is 0.273. The van der Waals surface area contributed by atoms with Gasteiger partial charge in [-0.3, -0.25) is 0 Å². The van der Waals surface area contributed by atoms with E-state index in [1.165, 1.54) is 12.5 Å². The van der Waals surface area contributed by atoms with Crippen LogP contribution in [0.3, 0.4) is 0 Å². The summed E-state index contributed by atoms with van der Waals surface area (Å²) in [5, 5.41) is 0. The Bertz CT molecular complexity index is 124. The van der Waals surface area contributed by atoms with Gasteiger partial charge in [0, 0.05) is 6.20 Å². The van der Waals surface area contributed by atoms with Crippen molar-refractivity contribution in [1.82, 2.24) is 0 Å². The lowest BCUT2D eigenvalue weighted by Crippen LogP contribution is -1.92. The van der Waals surface area contributed by atoms with E-state index in [0.717, 1.165) is 0 Å². The van der Waals surface area contributed by atoms with Gasteiger partial charge in [-0.1, -0.05) is 6.58 Å². The molecule has 0 heterocycles. The molecule has 2 N–H and O–H groups in total. The van der Waals surface area contributed by atoms with Crippen LogP contribution in [0.15, 0.2) is 22.8 Å². The fraction of sp³-hybridized carbons (Fsp3) is 0.200. The molecule has 0 radical (unpaired) electrons. The molecule has 0 fully saturated rings. The summed E-state index contributed by atoms with van der Waals surface area (Å²) in [7, 11) is 0. The van der Waals surface area contributed by atoms with Gasteiger partial charge < -0.3 is 5.73 Å². The Morgan fingerprint density at radius 3 is 2.75 bits per heavy atom. The van der Waals surface area contributed by atoms with Gasteiger partial charge in [-0.15, -0.1) is 0 Å². The average molecular weight is 111 g/mol. The zero-order chi connectivity index (χ0) is 6.41. The summed E-state index contributed by atoms with van der Waals surface area (Å²) in [5.41, 5.74) is 4.95. The molecular weight excluding hydrogens is 102 g/mol. The second-order valence-electron chi connectivity index (χ2n) is 1.14. The molecular formula is C5H9N3. The second kappa shape index (κ2) is 4.05. The number of hydrogen-bond donors (Lipinski definition) is 1. The van der Waals surface area contributed by atoms with Gasteiger partial charge in [0.2, 0.25) is 0 Å². The monoisotopic (exact) mass is 111 g/mol. The lowest BCUT2D eigenvalue weighted by atomic mass is 10.7. The van der Waals surface area contributed by atoms with E-state index in [-0.39, 0.29) is 0 Å². The Balaban J connectivity index is 3.79. The largest absolute Gasteiger partial charge is 0.390 e. The van der Waals surface area contributed by atoms with E-state index >= 15 is 0 Å². The first-order valence-electron chi connectivity index (χ1n) is 2.21. The molecule has 0 aromatic rings. The zero-order valence-electron chi connectivity index (χ0n) is 4.83. The van der Waals surface area contributed by atoms with Crippen LogP contribution in [0.25, 0.3) is 0 Å². The van der Waals surface area contributed by atoms with Crippen LogP contribution in [0.2, 0.25) is 0 Å². The van der Waals surface area contributed by atoms with E-state index < -0.39 is 0 Å². The molecule has 3 heteroatoms. The van der Waals surface area contributed by atoms with Crippen molar-refractivity contribution in [3.05, 3.63) is 12.8 Å². The highest BCUT2D eigenvalue weighted by Crippen LogP contribution is 1.76. The third-order valence-corrected chi connectivity index (χ3v) is 0.539. The second-order valence-corrected chi connectivity index (χ2v) is 1.14.